The number of nitrogens with two attached hydrogens (primary N) is 1. The molecule has 0 heterocycles. The smallest absolute Gasteiger partial charge is 0.397 e. The van der Waals surface area contributed by atoms with Gasteiger partial charge >= 0.3 is 22.4 Å². The van der Waals surface area contributed by atoms with Gasteiger partial charge in [-0.1, -0.05) is 17.7 Å². The number of phenolic OH excluding ortho intramolecular Hbond substituents is 2. The Balaban J connectivity index is 1.59. The molecule has 0 radical (unpaired) electrons. The van der Waals surface area contributed by atoms with Gasteiger partial charge in [-0.25, -0.2) is 22.2 Å². The maximum Gasteiger partial charge on any atom is 0.397 e. The van der Waals surface area contributed by atoms with Gasteiger partial charge in [0.2, 0.25) is 0 Å². The van der Waals surface area contributed by atoms with Crippen LogP contribution in [0, 0.1) is 6.92 Å². The molecule has 0 aliphatic carbocycles. The molecule has 0 aliphatic heterocycles. The van der Waals surface area contributed by atoms with E-state index >= 15 is 0 Å². The summed E-state index contributed by atoms with van der Waals surface area (Å²) in [6, 6.07) is 12.6. The molecule has 9 N–H and O–H groups in total. The van der Waals surface area contributed by atoms with Crippen molar-refractivity contribution in [2.75, 3.05) is 30.0 Å². The fourth-order valence-electron chi connectivity index (χ4n) is 4.57. The minimum absolute atomic E-state index is 0.0788. The Bertz CT molecular complexity index is 2730. The van der Waals surface area contributed by atoms with Gasteiger partial charge in [0.1, 0.15) is 27.7 Å². The molecule has 27 heteroatoms. The van der Waals surface area contributed by atoms with E-state index in [9.17, 15) is 59.5 Å². The van der Waals surface area contributed by atoms with E-state index in [0.29, 0.717) is 11.8 Å². The number of carbonyl (C=O) groups excluding carboxylic acids is 2. The summed E-state index contributed by atoms with van der Waals surface area (Å²) < 4.78 is 92.1. The van der Waals surface area contributed by atoms with E-state index in [1.165, 1.54) is 12.1 Å². The third kappa shape index (κ3) is 13.1. The van der Waals surface area contributed by atoms with Crippen LogP contribution in [0.1, 0.15) is 26.3 Å². The number of amides is 3. The van der Waals surface area contributed by atoms with E-state index in [2.05, 4.69) is 45.5 Å². The number of nitrogens with zero attached hydrogens (tertiary/aromatic N) is 6. The molecule has 24 nitrogen and oxygen atoms in total. The molecule has 0 saturated carbocycles. The molecule has 0 aromatic heterocycles. The average Bonchev–Trinajstić information content (AvgIpc) is 3.13. The van der Waals surface area contributed by atoms with Crippen LogP contribution in [0.5, 0.6) is 11.5 Å². The first-order valence-corrected chi connectivity index (χ1v) is 20.7. The minimum atomic E-state index is -5.08. The number of urea groups is 1. The summed E-state index contributed by atoms with van der Waals surface area (Å²) >= 11 is 0. The number of aromatic carboxylic acids is 1. The van der Waals surface area contributed by atoms with Crippen LogP contribution in [-0.4, -0.2) is 92.2 Å². The summed E-state index contributed by atoms with van der Waals surface area (Å²) in [5.74, 6) is -5.74. The first kappa shape index (κ1) is 44.9. The largest absolute Gasteiger partial charge is 0.505 e. The lowest BCUT2D eigenvalue weighted by atomic mass is 10.1. The molecule has 0 fully saturated rings. The van der Waals surface area contributed by atoms with Crippen molar-refractivity contribution in [1.82, 2.24) is 5.32 Å². The molecule has 0 atom stereocenters. The van der Waals surface area contributed by atoms with Crippen LogP contribution < -0.4 is 16.4 Å². The van der Waals surface area contributed by atoms with E-state index in [0.717, 1.165) is 29.8 Å². The van der Waals surface area contributed by atoms with E-state index < -0.39 is 112 Å². The van der Waals surface area contributed by atoms with Gasteiger partial charge in [0.05, 0.1) is 40.7 Å². The van der Waals surface area contributed by atoms with Gasteiger partial charge < -0.3 is 31.7 Å². The van der Waals surface area contributed by atoms with Crippen LogP contribution >= 0.6 is 0 Å². The van der Waals surface area contributed by atoms with Crippen LogP contribution in [0.4, 0.5) is 44.6 Å². The number of benzene rings is 4. The zero-order valence-electron chi connectivity index (χ0n) is 30.0. The number of sulfone groups is 1. The van der Waals surface area contributed by atoms with Gasteiger partial charge in [0.15, 0.2) is 21.3 Å². The Morgan fingerprint density at radius 2 is 1.36 bits per heavy atom. The van der Waals surface area contributed by atoms with Crippen molar-refractivity contribution in [1.29, 1.82) is 0 Å². The molecule has 4 aromatic carbocycles. The van der Waals surface area contributed by atoms with Crippen LogP contribution in [0.15, 0.2) is 102 Å². The second kappa shape index (κ2) is 18.7. The summed E-state index contributed by atoms with van der Waals surface area (Å²) in [6.45, 7) is 0.440. The number of aromatic hydroxyl groups is 2. The van der Waals surface area contributed by atoms with Crippen molar-refractivity contribution in [3.8, 4) is 11.5 Å². The van der Waals surface area contributed by atoms with Gasteiger partial charge in [-0.3, -0.25) is 13.9 Å². The maximum atomic E-state index is 12.7. The molecule has 0 bridgehead atoms. The normalized spacial score (nSPS) is 12.3. The second-order valence-electron chi connectivity index (χ2n) is 11.7. The third-order valence-electron chi connectivity index (χ3n) is 7.35. The minimum Gasteiger partial charge on any atom is -0.505 e. The maximum absolute atomic E-state index is 12.7. The number of phenols is 2. The van der Waals surface area contributed by atoms with Gasteiger partial charge in [-0.15, -0.1) is 20.5 Å². The first-order chi connectivity index (χ1) is 27.5. The lowest BCUT2D eigenvalue weighted by Gasteiger charge is -2.09. The summed E-state index contributed by atoms with van der Waals surface area (Å²) in [5.41, 5.74) is 3.42. The highest BCUT2D eigenvalue weighted by atomic mass is 32.3. The summed E-state index contributed by atoms with van der Waals surface area (Å²) in [7, 11) is -13.9. The summed E-state index contributed by atoms with van der Waals surface area (Å²) in [6.07, 6.45) is 0. The lowest BCUT2D eigenvalue weighted by molar-refractivity contribution is 0.0696. The standard InChI is InChI=1S/C32H31N9O15S3/c1-17-2-5-19(6-3-17)36-40-27-21(31(45)46)16-25(42)28(29(27)43)41-37-20-7-9-22(24(15-20)35-32(33)47)38-39-23-8-4-18(14-26(23)58(50,51)52)30(44)34-10-12-57(48,49)13-11-56-59(53,54)55/h2-9,14-16,42-43H,10-13H2,1H3,(H,34,44)(H,45,46)(H3,33,35,47)(H,50,51,52)(H,53,54,55). The zero-order chi connectivity index (χ0) is 43.7. The van der Waals surface area contributed by atoms with Gasteiger partial charge in [0, 0.05) is 12.1 Å². The number of hydrogen-bond acceptors (Lipinski definition) is 18. The van der Waals surface area contributed by atoms with Gasteiger partial charge in [0.25, 0.3) is 16.0 Å². The Labute approximate surface area is 333 Å². The van der Waals surface area contributed by atoms with E-state index in [4.69, 9.17) is 10.3 Å². The van der Waals surface area contributed by atoms with Crippen molar-refractivity contribution in [3.63, 3.8) is 0 Å². The van der Waals surface area contributed by atoms with Crippen LogP contribution in [-0.2, 0) is 34.5 Å². The molecule has 0 spiro atoms. The Morgan fingerprint density at radius 3 is 1.98 bits per heavy atom. The predicted octanol–water partition coefficient (Wildman–Crippen LogP) is 5.05. The van der Waals surface area contributed by atoms with E-state index in [-0.39, 0.29) is 22.6 Å². The molecule has 312 valence electrons. The van der Waals surface area contributed by atoms with Crippen molar-refractivity contribution < 1.29 is 68.2 Å². The number of carboxylic acid groups (broad SMARTS) is 1. The number of carbonyl (C=O) groups is 3. The Morgan fingerprint density at radius 1 is 0.746 bits per heavy atom. The SMILES string of the molecule is Cc1ccc(N=Nc2c(C(=O)O)cc(O)c(N=Nc3ccc(N=Nc4ccc(C(=O)NCCS(=O)(=O)CCOS(=O)(=O)O)cc4S(=O)(=O)O)c(NC(N)=O)c3)c2O)cc1. The van der Waals surface area contributed by atoms with Gasteiger partial charge in [-0.2, -0.15) is 27.1 Å². The molecule has 3 amide bonds. The summed E-state index contributed by atoms with van der Waals surface area (Å²) in [5, 5.41) is 58.6. The molecule has 0 saturated heterocycles. The molecular weight excluding hydrogens is 847 g/mol. The van der Waals surface area contributed by atoms with Crippen LogP contribution in [0.2, 0.25) is 0 Å². The van der Waals surface area contributed by atoms with Gasteiger partial charge in [-0.05, 0) is 61.5 Å². The molecule has 4 rings (SSSR count). The van der Waals surface area contributed by atoms with Crippen molar-refractivity contribution in [2.24, 2.45) is 36.4 Å². The number of aryl methyl sites for hydroxylation is 1. The molecule has 4 aromatic rings. The number of rotatable bonds is 17. The average molecular weight is 878 g/mol. The van der Waals surface area contributed by atoms with E-state index in [1.807, 2.05) is 6.92 Å². The number of anilines is 1. The number of primary amides is 1. The number of carboxylic acids is 1. The second-order valence-corrected chi connectivity index (χ2v) is 16.5. The fourth-order valence-corrected chi connectivity index (χ4v) is 6.58. The Hall–Kier alpha value is -6.78. The lowest BCUT2D eigenvalue weighted by Crippen LogP contribution is -2.30. The topological polar surface area (TPSA) is 388 Å². The molecular formula is C32H31N9O15S3. The quantitative estimate of drug-likeness (QED) is 0.0508. The third-order valence-corrected chi connectivity index (χ3v) is 10.3. The number of hydrogen-bond donors (Lipinski definition) is 8. The van der Waals surface area contributed by atoms with Crippen molar-refractivity contribution >= 4 is 88.1 Å². The summed E-state index contributed by atoms with van der Waals surface area (Å²) in [4.78, 5) is 35.4. The monoisotopic (exact) mass is 877 g/mol. The highest BCUT2D eigenvalue weighted by Crippen LogP contribution is 2.47. The van der Waals surface area contributed by atoms with Crippen LogP contribution in [0.25, 0.3) is 0 Å². The molecule has 0 aliphatic rings. The van der Waals surface area contributed by atoms with E-state index in [1.54, 1.807) is 24.3 Å². The van der Waals surface area contributed by atoms with Crippen molar-refractivity contribution in [3.05, 3.63) is 83.4 Å². The molecule has 0 unspecified atom stereocenters. The zero-order valence-corrected chi connectivity index (χ0v) is 32.4. The number of nitrogens with one attached hydrogen (secondary N) is 2. The number of azo groups is 3. The predicted molar refractivity (Wildman–Crippen MR) is 205 cm³/mol. The first-order valence-electron chi connectivity index (χ1n) is 16.1. The van der Waals surface area contributed by atoms with Crippen molar-refractivity contribution in [2.45, 2.75) is 11.8 Å². The highest BCUT2D eigenvalue weighted by Gasteiger charge is 2.23. The van der Waals surface area contributed by atoms with Crippen LogP contribution in [0.3, 0.4) is 0 Å². The fraction of sp³-hybridized carbons (Fsp3) is 0.156. The Kier molecular flexibility index (Phi) is 14.2. The highest BCUT2D eigenvalue weighted by molar-refractivity contribution is 7.91. The molecule has 59 heavy (non-hydrogen) atoms.